The van der Waals surface area contributed by atoms with Crippen LogP contribution in [0.2, 0.25) is 0 Å². The number of nitrogens with one attached hydrogen (secondary N) is 1. The highest BCUT2D eigenvalue weighted by molar-refractivity contribution is 8.05. The van der Waals surface area contributed by atoms with Crippen molar-refractivity contribution < 1.29 is 0 Å². The van der Waals surface area contributed by atoms with Crippen LogP contribution >= 0.6 is 23.5 Å². The van der Waals surface area contributed by atoms with Gasteiger partial charge >= 0.3 is 0 Å². The molecule has 0 aliphatic carbocycles. The molecular formula is C9H17NS2. The summed E-state index contributed by atoms with van der Waals surface area (Å²) in [5.41, 5.74) is 0. The Bertz CT molecular complexity index is 174. The maximum absolute atomic E-state index is 3.78. The summed E-state index contributed by atoms with van der Waals surface area (Å²) < 4.78 is 0. The van der Waals surface area contributed by atoms with Gasteiger partial charge in [0.15, 0.2) is 0 Å². The van der Waals surface area contributed by atoms with Crippen molar-refractivity contribution in [3.63, 3.8) is 0 Å². The van der Waals surface area contributed by atoms with Crippen LogP contribution < -0.4 is 5.32 Å². The Morgan fingerprint density at radius 1 is 1.33 bits per heavy atom. The molecule has 2 aliphatic rings. The topological polar surface area (TPSA) is 12.0 Å². The number of hydrogen-bond donors (Lipinski definition) is 1. The SMILES string of the molecule is CC1CCSC2(CCSC2C)N1. The Balaban J connectivity index is 2.08. The molecule has 70 valence electrons. The van der Waals surface area contributed by atoms with E-state index in [0.717, 1.165) is 11.3 Å². The molecule has 0 saturated carbocycles. The Morgan fingerprint density at radius 3 is 2.75 bits per heavy atom. The molecule has 2 heterocycles. The average molecular weight is 203 g/mol. The third-order valence-corrected chi connectivity index (χ3v) is 6.02. The fraction of sp³-hybridized carbons (Fsp3) is 1.00. The molecule has 1 nitrogen and oxygen atoms in total. The van der Waals surface area contributed by atoms with Crippen molar-refractivity contribution in [3.8, 4) is 0 Å². The second-order valence-corrected chi connectivity index (χ2v) is 6.71. The molecule has 2 saturated heterocycles. The van der Waals surface area contributed by atoms with Crippen LogP contribution in [0.25, 0.3) is 0 Å². The summed E-state index contributed by atoms with van der Waals surface area (Å²) in [6.45, 7) is 4.69. The Morgan fingerprint density at radius 2 is 2.17 bits per heavy atom. The van der Waals surface area contributed by atoms with Gasteiger partial charge in [-0.05, 0) is 31.3 Å². The third kappa shape index (κ3) is 1.51. The Labute approximate surface area is 83.4 Å². The zero-order valence-corrected chi connectivity index (χ0v) is 9.43. The summed E-state index contributed by atoms with van der Waals surface area (Å²) in [4.78, 5) is 0.433. The summed E-state index contributed by atoms with van der Waals surface area (Å²) in [5, 5.41) is 4.58. The van der Waals surface area contributed by atoms with Crippen LogP contribution in [0.4, 0.5) is 0 Å². The molecule has 3 atom stereocenters. The molecule has 2 rings (SSSR count). The maximum Gasteiger partial charge on any atom is 0.0772 e. The van der Waals surface area contributed by atoms with E-state index in [1.165, 1.54) is 24.3 Å². The first kappa shape index (κ1) is 9.22. The van der Waals surface area contributed by atoms with E-state index in [9.17, 15) is 0 Å². The highest BCUT2D eigenvalue weighted by Crippen LogP contribution is 2.45. The molecule has 12 heavy (non-hydrogen) atoms. The van der Waals surface area contributed by atoms with E-state index in [0.29, 0.717) is 4.87 Å². The molecule has 2 aliphatic heterocycles. The minimum atomic E-state index is 0.433. The quantitative estimate of drug-likeness (QED) is 0.649. The van der Waals surface area contributed by atoms with Crippen molar-refractivity contribution in [2.75, 3.05) is 11.5 Å². The molecule has 2 fully saturated rings. The largest absolute Gasteiger partial charge is 0.299 e. The van der Waals surface area contributed by atoms with E-state index in [2.05, 4.69) is 42.7 Å². The summed E-state index contributed by atoms with van der Waals surface area (Å²) in [7, 11) is 0. The monoisotopic (exact) mass is 203 g/mol. The fourth-order valence-corrected chi connectivity index (χ4v) is 5.44. The Kier molecular flexibility index (Phi) is 2.64. The molecule has 1 spiro atoms. The van der Waals surface area contributed by atoms with Gasteiger partial charge in [-0.1, -0.05) is 6.92 Å². The van der Waals surface area contributed by atoms with Crippen LogP contribution in [0.5, 0.6) is 0 Å². The minimum Gasteiger partial charge on any atom is -0.299 e. The van der Waals surface area contributed by atoms with E-state index in [4.69, 9.17) is 0 Å². The lowest BCUT2D eigenvalue weighted by molar-refractivity contribution is 0.387. The smallest absolute Gasteiger partial charge is 0.0772 e. The van der Waals surface area contributed by atoms with Crippen molar-refractivity contribution in [3.05, 3.63) is 0 Å². The molecule has 0 aromatic heterocycles. The lowest BCUT2D eigenvalue weighted by Crippen LogP contribution is -2.53. The van der Waals surface area contributed by atoms with E-state index < -0.39 is 0 Å². The zero-order chi connectivity index (χ0) is 8.60. The lowest BCUT2D eigenvalue weighted by atomic mass is 10.1. The van der Waals surface area contributed by atoms with Gasteiger partial charge in [0.25, 0.3) is 0 Å². The lowest BCUT2D eigenvalue weighted by Gasteiger charge is -2.40. The molecule has 0 amide bonds. The van der Waals surface area contributed by atoms with Crippen molar-refractivity contribution in [2.24, 2.45) is 0 Å². The second-order valence-electron chi connectivity index (χ2n) is 3.84. The van der Waals surface area contributed by atoms with E-state index in [1.807, 2.05) is 0 Å². The first-order valence-electron chi connectivity index (χ1n) is 4.76. The Hall–Kier alpha value is 0.660. The summed E-state index contributed by atoms with van der Waals surface area (Å²) >= 11 is 4.27. The third-order valence-electron chi connectivity index (χ3n) is 2.90. The van der Waals surface area contributed by atoms with E-state index >= 15 is 0 Å². The van der Waals surface area contributed by atoms with Gasteiger partial charge in [-0.25, -0.2) is 0 Å². The molecule has 0 aromatic rings. The number of hydrogen-bond acceptors (Lipinski definition) is 3. The molecule has 3 unspecified atom stereocenters. The molecule has 3 heteroatoms. The highest BCUT2D eigenvalue weighted by atomic mass is 32.2. The van der Waals surface area contributed by atoms with Crippen LogP contribution in [0.1, 0.15) is 26.7 Å². The number of thioether (sulfide) groups is 2. The first-order valence-corrected chi connectivity index (χ1v) is 6.80. The zero-order valence-electron chi connectivity index (χ0n) is 7.80. The summed E-state index contributed by atoms with van der Waals surface area (Å²) in [6, 6.07) is 0.729. The molecule has 0 bridgehead atoms. The maximum atomic E-state index is 3.78. The van der Waals surface area contributed by atoms with Gasteiger partial charge in [-0.2, -0.15) is 11.8 Å². The van der Waals surface area contributed by atoms with Gasteiger partial charge in [0.1, 0.15) is 0 Å². The first-order chi connectivity index (χ1) is 5.73. The van der Waals surface area contributed by atoms with Crippen molar-refractivity contribution in [1.29, 1.82) is 0 Å². The van der Waals surface area contributed by atoms with Gasteiger partial charge < -0.3 is 0 Å². The predicted octanol–water partition coefficient (Wildman–Crippen LogP) is 2.32. The van der Waals surface area contributed by atoms with Crippen LogP contribution in [0.3, 0.4) is 0 Å². The molecule has 1 N–H and O–H groups in total. The van der Waals surface area contributed by atoms with Gasteiger partial charge in [0.2, 0.25) is 0 Å². The van der Waals surface area contributed by atoms with Crippen molar-refractivity contribution >= 4 is 23.5 Å². The van der Waals surface area contributed by atoms with Crippen molar-refractivity contribution in [1.82, 2.24) is 5.32 Å². The molecule has 0 aromatic carbocycles. The average Bonchev–Trinajstić information content (AvgIpc) is 2.33. The van der Waals surface area contributed by atoms with Crippen LogP contribution in [0, 0.1) is 0 Å². The molecule has 0 radical (unpaired) electrons. The fourth-order valence-electron chi connectivity index (χ4n) is 2.05. The van der Waals surface area contributed by atoms with Crippen LogP contribution in [-0.4, -0.2) is 27.7 Å². The summed E-state index contributed by atoms with van der Waals surface area (Å²) in [5.74, 6) is 2.69. The number of rotatable bonds is 0. The van der Waals surface area contributed by atoms with Gasteiger partial charge in [0, 0.05) is 11.3 Å². The van der Waals surface area contributed by atoms with Gasteiger partial charge in [0.05, 0.1) is 4.87 Å². The normalized spacial score (nSPS) is 48.5. The minimum absolute atomic E-state index is 0.433. The van der Waals surface area contributed by atoms with Gasteiger partial charge in [-0.3, -0.25) is 5.32 Å². The van der Waals surface area contributed by atoms with Crippen molar-refractivity contribution in [2.45, 2.75) is 42.9 Å². The predicted molar refractivity (Wildman–Crippen MR) is 58.9 cm³/mol. The van der Waals surface area contributed by atoms with E-state index in [1.54, 1.807) is 0 Å². The van der Waals surface area contributed by atoms with E-state index in [-0.39, 0.29) is 0 Å². The highest BCUT2D eigenvalue weighted by Gasteiger charge is 2.43. The summed E-state index contributed by atoms with van der Waals surface area (Å²) in [6.07, 6.45) is 2.69. The van der Waals surface area contributed by atoms with Crippen LogP contribution in [0.15, 0.2) is 0 Å². The van der Waals surface area contributed by atoms with Crippen LogP contribution in [-0.2, 0) is 0 Å². The standard InChI is InChI=1S/C9H17NS2/c1-7-3-5-12-9(10-7)4-6-11-8(9)2/h7-8,10H,3-6H2,1-2H3. The van der Waals surface area contributed by atoms with Gasteiger partial charge in [-0.15, -0.1) is 11.8 Å². The molecular weight excluding hydrogens is 186 g/mol. The second kappa shape index (κ2) is 3.43.